The van der Waals surface area contributed by atoms with Gasteiger partial charge < -0.3 is 15.4 Å². The molecule has 1 saturated carbocycles. The van der Waals surface area contributed by atoms with Crippen LogP contribution in [0.1, 0.15) is 31.9 Å². The summed E-state index contributed by atoms with van der Waals surface area (Å²) in [5.41, 5.74) is 6.60. The minimum Gasteiger partial charge on any atom is -0.478 e. The van der Waals surface area contributed by atoms with E-state index in [0.717, 1.165) is 24.6 Å². The molecular weight excluding hydrogens is 228 g/mol. The summed E-state index contributed by atoms with van der Waals surface area (Å²) < 4.78 is 5.60. The van der Waals surface area contributed by atoms with Gasteiger partial charge in [-0.05, 0) is 26.2 Å². The summed E-state index contributed by atoms with van der Waals surface area (Å²) in [6.07, 6.45) is 3.40. The zero-order valence-electron chi connectivity index (χ0n) is 11.2. The summed E-state index contributed by atoms with van der Waals surface area (Å²) >= 11 is 0. The SMILES string of the molecule is CCCOc1cc(C)nc(N(CCN)C2CC2)n1. The molecule has 0 atom stereocenters. The molecular formula is C13H22N4O. The Kier molecular flexibility index (Phi) is 4.36. The predicted octanol–water partition coefficient (Wildman–Crippen LogP) is 1.50. The summed E-state index contributed by atoms with van der Waals surface area (Å²) in [6, 6.07) is 2.45. The fraction of sp³-hybridized carbons (Fsp3) is 0.692. The van der Waals surface area contributed by atoms with Crippen molar-refractivity contribution in [1.29, 1.82) is 0 Å². The van der Waals surface area contributed by atoms with Crippen molar-refractivity contribution in [2.75, 3.05) is 24.6 Å². The van der Waals surface area contributed by atoms with Gasteiger partial charge in [0.2, 0.25) is 11.8 Å². The minimum absolute atomic E-state index is 0.564. The van der Waals surface area contributed by atoms with Gasteiger partial charge in [-0.1, -0.05) is 6.92 Å². The number of hydrogen-bond donors (Lipinski definition) is 1. The Morgan fingerprint density at radius 3 is 2.83 bits per heavy atom. The maximum absolute atomic E-state index is 5.66. The van der Waals surface area contributed by atoms with Crippen LogP contribution in [0, 0.1) is 6.92 Å². The smallest absolute Gasteiger partial charge is 0.229 e. The van der Waals surface area contributed by atoms with E-state index in [4.69, 9.17) is 10.5 Å². The lowest BCUT2D eigenvalue weighted by molar-refractivity contribution is 0.304. The van der Waals surface area contributed by atoms with Gasteiger partial charge in [0, 0.05) is 30.9 Å². The third-order valence-corrected chi connectivity index (χ3v) is 2.89. The van der Waals surface area contributed by atoms with Gasteiger partial charge in [0.1, 0.15) is 0 Å². The van der Waals surface area contributed by atoms with E-state index in [1.54, 1.807) is 0 Å². The van der Waals surface area contributed by atoms with Crippen molar-refractivity contribution in [2.45, 2.75) is 39.2 Å². The van der Waals surface area contributed by atoms with E-state index in [9.17, 15) is 0 Å². The van der Waals surface area contributed by atoms with E-state index in [1.165, 1.54) is 12.8 Å². The second kappa shape index (κ2) is 6.00. The molecule has 18 heavy (non-hydrogen) atoms. The quantitative estimate of drug-likeness (QED) is 0.794. The Balaban J connectivity index is 2.16. The van der Waals surface area contributed by atoms with Crippen LogP contribution < -0.4 is 15.4 Å². The van der Waals surface area contributed by atoms with E-state index < -0.39 is 0 Å². The molecule has 0 saturated heterocycles. The average molecular weight is 250 g/mol. The Morgan fingerprint density at radius 1 is 1.44 bits per heavy atom. The third kappa shape index (κ3) is 3.32. The molecule has 0 unspecified atom stereocenters. The topological polar surface area (TPSA) is 64.3 Å². The van der Waals surface area contributed by atoms with E-state index in [2.05, 4.69) is 21.8 Å². The summed E-state index contributed by atoms with van der Waals surface area (Å²) in [5.74, 6) is 1.43. The molecule has 100 valence electrons. The molecule has 0 amide bonds. The normalized spacial score (nSPS) is 14.6. The number of hydrogen-bond acceptors (Lipinski definition) is 5. The number of rotatable bonds is 7. The Labute approximate surface area is 108 Å². The molecule has 1 aliphatic carbocycles. The van der Waals surface area contributed by atoms with Crippen molar-refractivity contribution in [3.8, 4) is 5.88 Å². The van der Waals surface area contributed by atoms with Crippen molar-refractivity contribution in [1.82, 2.24) is 9.97 Å². The fourth-order valence-corrected chi connectivity index (χ4v) is 1.90. The van der Waals surface area contributed by atoms with Gasteiger partial charge in [0.25, 0.3) is 0 Å². The van der Waals surface area contributed by atoms with Gasteiger partial charge >= 0.3 is 0 Å². The van der Waals surface area contributed by atoms with Crippen molar-refractivity contribution < 1.29 is 4.74 Å². The van der Waals surface area contributed by atoms with Crippen LogP contribution in [0.4, 0.5) is 5.95 Å². The highest BCUT2D eigenvalue weighted by molar-refractivity contribution is 5.37. The first-order valence-corrected chi connectivity index (χ1v) is 6.69. The number of aryl methyl sites for hydroxylation is 1. The number of nitrogens with zero attached hydrogens (tertiary/aromatic N) is 3. The number of ether oxygens (including phenoxy) is 1. The molecule has 2 N–H and O–H groups in total. The molecule has 1 heterocycles. The van der Waals surface area contributed by atoms with Gasteiger partial charge in [-0.3, -0.25) is 0 Å². The van der Waals surface area contributed by atoms with Crippen LogP contribution >= 0.6 is 0 Å². The van der Waals surface area contributed by atoms with Crippen molar-refractivity contribution in [2.24, 2.45) is 5.73 Å². The summed E-state index contributed by atoms with van der Waals surface area (Å²) in [7, 11) is 0. The van der Waals surface area contributed by atoms with Gasteiger partial charge in [-0.2, -0.15) is 4.98 Å². The highest BCUT2D eigenvalue weighted by Gasteiger charge is 2.30. The maximum Gasteiger partial charge on any atom is 0.229 e. The summed E-state index contributed by atoms with van der Waals surface area (Å²) in [4.78, 5) is 11.2. The second-order valence-corrected chi connectivity index (χ2v) is 4.71. The van der Waals surface area contributed by atoms with Crippen molar-refractivity contribution in [3.63, 3.8) is 0 Å². The van der Waals surface area contributed by atoms with Crippen LogP contribution in [0.2, 0.25) is 0 Å². The summed E-state index contributed by atoms with van der Waals surface area (Å²) in [5, 5.41) is 0. The van der Waals surface area contributed by atoms with Crippen molar-refractivity contribution in [3.05, 3.63) is 11.8 Å². The Bertz CT molecular complexity index is 393. The lowest BCUT2D eigenvalue weighted by Gasteiger charge is -2.22. The minimum atomic E-state index is 0.564. The molecule has 1 aromatic heterocycles. The molecule has 0 aliphatic heterocycles. The van der Waals surface area contributed by atoms with Crippen LogP contribution in [0.5, 0.6) is 5.88 Å². The molecule has 0 aromatic carbocycles. The maximum atomic E-state index is 5.66. The number of anilines is 1. The van der Waals surface area contributed by atoms with E-state index in [1.807, 2.05) is 13.0 Å². The molecule has 1 fully saturated rings. The Morgan fingerprint density at radius 2 is 2.22 bits per heavy atom. The predicted molar refractivity (Wildman–Crippen MR) is 72.0 cm³/mol. The van der Waals surface area contributed by atoms with Crippen LogP contribution in [-0.2, 0) is 0 Å². The lowest BCUT2D eigenvalue weighted by atomic mass is 10.4. The first-order chi connectivity index (χ1) is 8.74. The zero-order valence-corrected chi connectivity index (χ0v) is 11.2. The highest BCUT2D eigenvalue weighted by Crippen LogP contribution is 2.30. The lowest BCUT2D eigenvalue weighted by Crippen LogP contribution is -2.33. The zero-order chi connectivity index (χ0) is 13.0. The molecule has 5 nitrogen and oxygen atoms in total. The molecule has 0 bridgehead atoms. The molecule has 5 heteroatoms. The number of nitrogens with two attached hydrogens (primary N) is 1. The standard InChI is InChI=1S/C13H22N4O/c1-3-8-18-12-9-10(2)15-13(16-12)17(7-6-14)11-4-5-11/h9,11H,3-8,14H2,1-2H3. The highest BCUT2D eigenvalue weighted by atomic mass is 16.5. The van der Waals surface area contributed by atoms with Gasteiger partial charge in [-0.15, -0.1) is 0 Å². The van der Waals surface area contributed by atoms with E-state index in [-0.39, 0.29) is 0 Å². The molecule has 1 aromatic rings. The van der Waals surface area contributed by atoms with E-state index in [0.29, 0.717) is 25.1 Å². The van der Waals surface area contributed by atoms with Gasteiger partial charge in [-0.25, -0.2) is 4.98 Å². The molecule has 1 aliphatic rings. The number of aromatic nitrogens is 2. The summed E-state index contributed by atoms with van der Waals surface area (Å²) in [6.45, 7) is 6.17. The molecule has 2 rings (SSSR count). The van der Waals surface area contributed by atoms with Crippen LogP contribution in [0.25, 0.3) is 0 Å². The van der Waals surface area contributed by atoms with E-state index >= 15 is 0 Å². The second-order valence-electron chi connectivity index (χ2n) is 4.71. The third-order valence-electron chi connectivity index (χ3n) is 2.89. The first kappa shape index (κ1) is 13.1. The van der Waals surface area contributed by atoms with Gasteiger partial charge in [0.15, 0.2) is 0 Å². The Hall–Kier alpha value is -1.36. The molecule has 0 radical (unpaired) electrons. The van der Waals surface area contributed by atoms with Crippen LogP contribution in [-0.4, -0.2) is 35.7 Å². The molecule has 0 spiro atoms. The van der Waals surface area contributed by atoms with Crippen LogP contribution in [0.3, 0.4) is 0 Å². The largest absolute Gasteiger partial charge is 0.478 e. The first-order valence-electron chi connectivity index (χ1n) is 6.69. The average Bonchev–Trinajstić information content (AvgIpc) is 3.17. The van der Waals surface area contributed by atoms with Crippen LogP contribution in [0.15, 0.2) is 6.07 Å². The van der Waals surface area contributed by atoms with Crippen molar-refractivity contribution >= 4 is 5.95 Å². The fourth-order valence-electron chi connectivity index (χ4n) is 1.90. The van der Waals surface area contributed by atoms with Gasteiger partial charge in [0.05, 0.1) is 6.61 Å². The monoisotopic (exact) mass is 250 g/mol.